The van der Waals surface area contributed by atoms with Gasteiger partial charge in [0.2, 0.25) is 0 Å². The number of nitrogens with two attached hydrogens (primary N) is 1. The number of rotatable bonds is 4. The number of fused-ring (bicyclic) bond motifs is 2. The minimum Gasteiger partial charge on any atom is -0.341 e. The first kappa shape index (κ1) is 12.7. The van der Waals surface area contributed by atoms with E-state index in [0.717, 1.165) is 32.6 Å². The lowest BCUT2D eigenvalue weighted by Crippen LogP contribution is -2.05. The summed E-state index contributed by atoms with van der Waals surface area (Å²) in [6.07, 6.45) is 5.94. The number of aromatic nitrogens is 6. The Morgan fingerprint density at radius 1 is 1.29 bits per heavy atom. The number of imidazole rings is 2. The van der Waals surface area contributed by atoms with Gasteiger partial charge in [0.05, 0.1) is 12.0 Å². The standard InChI is InChI=1S/C12H11N7S2/c13-2-1-7-10(18-12-19(7)3-4-20-12)21-11-8-9(15-5-14-8)16-6-17-11/h3-6H,1-2,13H2,(H,14,15,16,17). The van der Waals surface area contributed by atoms with Gasteiger partial charge in [0.25, 0.3) is 0 Å². The quantitative estimate of drug-likeness (QED) is 0.556. The summed E-state index contributed by atoms with van der Waals surface area (Å²) in [5, 5.41) is 3.78. The fraction of sp³-hybridized carbons (Fsp3) is 0.167. The third-order valence-corrected chi connectivity index (χ3v) is 4.87. The van der Waals surface area contributed by atoms with Crippen molar-refractivity contribution in [3.05, 3.63) is 29.9 Å². The van der Waals surface area contributed by atoms with Crippen LogP contribution in [0.2, 0.25) is 0 Å². The van der Waals surface area contributed by atoms with Gasteiger partial charge in [-0.2, -0.15) is 0 Å². The third-order valence-electron chi connectivity index (χ3n) is 3.09. The third kappa shape index (κ3) is 2.09. The Bertz CT molecular complexity index is 907. The molecule has 9 heteroatoms. The van der Waals surface area contributed by atoms with E-state index >= 15 is 0 Å². The fourth-order valence-corrected chi connectivity index (χ4v) is 3.95. The highest BCUT2D eigenvalue weighted by atomic mass is 32.2. The molecule has 4 heterocycles. The molecule has 0 spiro atoms. The van der Waals surface area contributed by atoms with Crippen LogP contribution >= 0.6 is 23.1 Å². The highest BCUT2D eigenvalue weighted by Gasteiger charge is 2.16. The van der Waals surface area contributed by atoms with Gasteiger partial charge < -0.3 is 10.7 Å². The lowest BCUT2D eigenvalue weighted by Gasteiger charge is -2.02. The zero-order chi connectivity index (χ0) is 14.2. The molecule has 0 aliphatic carbocycles. The molecule has 21 heavy (non-hydrogen) atoms. The predicted octanol–water partition coefficient (Wildman–Crippen LogP) is 1.71. The zero-order valence-electron chi connectivity index (χ0n) is 10.9. The molecule has 106 valence electrons. The topological polar surface area (TPSA) is 97.8 Å². The van der Waals surface area contributed by atoms with Gasteiger partial charge in [0.15, 0.2) is 10.6 Å². The van der Waals surface area contributed by atoms with Crippen LogP contribution in [0, 0.1) is 0 Å². The molecule has 0 radical (unpaired) electrons. The van der Waals surface area contributed by atoms with Crippen LogP contribution in [0.5, 0.6) is 0 Å². The molecular weight excluding hydrogens is 306 g/mol. The summed E-state index contributed by atoms with van der Waals surface area (Å²) in [5.41, 5.74) is 8.33. The van der Waals surface area contributed by atoms with Gasteiger partial charge in [-0.15, -0.1) is 11.3 Å². The molecule has 4 rings (SSSR count). The Labute approximate surface area is 127 Å². The largest absolute Gasteiger partial charge is 0.341 e. The molecular formula is C12H11N7S2. The van der Waals surface area contributed by atoms with Crippen molar-refractivity contribution in [3.8, 4) is 0 Å². The first-order valence-electron chi connectivity index (χ1n) is 6.33. The first-order valence-corrected chi connectivity index (χ1v) is 8.03. The second-order valence-corrected chi connectivity index (χ2v) is 6.19. The van der Waals surface area contributed by atoms with Gasteiger partial charge in [0.1, 0.15) is 21.9 Å². The van der Waals surface area contributed by atoms with E-state index in [0.29, 0.717) is 12.2 Å². The number of hydrogen-bond donors (Lipinski definition) is 2. The molecule has 0 unspecified atom stereocenters. The van der Waals surface area contributed by atoms with Crippen LogP contribution in [0.25, 0.3) is 16.1 Å². The maximum Gasteiger partial charge on any atom is 0.194 e. The molecule has 0 aliphatic heterocycles. The van der Waals surface area contributed by atoms with Crippen LogP contribution in [0.4, 0.5) is 0 Å². The smallest absolute Gasteiger partial charge is 0.194 e. The molecule has 3 N–H and O–H groups in total. The lowest BCUT2D eigenvalue weighted by molar-refractivity contribution is 0.878. The average molecular weight is 317 g/mol. The summed E-state index contributed by atoms with van der Waals surface area (Å²) < 4.78 is 2.09. The molecule has 0 aliphatic rings. The van der Waals surface area contributed by atoms with E-state index in [1.807, 2.05) is 11.6 Å². The number of H-pyrrole nitrogens is 1. The van der Waals surface area contributed by atoms with Gasteiger partial charge in [-0.25, -0.2) is 19.9 Å². The molecule has 0 fully saturated rings. The molecule has 0 aromatic carbocycles. The molecule has 0 saturated heterocycles. The number of aromatic amines is 1. The van der Waals surface area contributed by atoms with E-state index < -0.39 is 0 Å². The average Bonchev–Trinajstić information content (AvgIpc) is 3.17. The highest BCUT2D eigenvalue weighted by molar-refractivity contribution is 7.99. The van der Waals surface area contributed by atoms with Crippen molar-refractivity contribution in [1.29, 1.82) is 0 Å². The fourth-order valence-electron chi connectivity index (χ4n) is 2.17. The first-order chi connectivity index (χ1) is 10.4. The van der Waals surface area contributed by atoms with Crippen LogP contribution in [0.1, 0.15) is 5.69 Å². The lowest BCUT2D eigenvalue weighted by atomic mass is 10.3. The zero-order valence-corrected chi connectivity index (χ0v) is 12.5. The summed E-state index contributed by atoms with van der Waals surface area (Å²) in [4.78, 5) is 21.3. The van der Waals surface area contributed by atoms with E-state index in [-0.39, 0.29) is 0 Å². The molecule has 4 aromatic heterocycles. The minimum atomic E-state index is 0.584. The molecule has 4 aromatic rings. The molecule has 0 bridgehead atoms. The Hall–Kier alpha value is -1.97. The number of nitrogens with one attached hydrogen (secondary N) is 1. The Kier molecular flexibility index (Phi) is 3.09. The highest BCUT2D eigenvalue weighted by Crippen LogP contribution is 2.33. The van der Waals surface area contributed by atoms with Crippen molar-refractivity contribution in [2.24, 2.45) is 5.73 Å². The van der Waals surface area contributed by atoms with Crippen molar-refractivity contribution in [2.75, 3.05) is 6.54 Å². The summed E-state index contributed by atoms with van der Waals surface area (Å²) in [7, 11) is 0. The normalized spacial score (nSPS) is 11.7. The monoisotopic (exact) mass is 317 g/mol. The minimum absolute atomic E-state index is 0.584. The van der Waals surface area contributed by atoms with Crippen LogP contribution in [0.3, 0.4) is 0 Å². The SMILES string of the molecule is NCCc1c(Sc2ncnc3nc[nH]c23)nc2sccn12. The number of thiazole rings is 1. The van der Waals surface area contributed by atoms with E-state index in [1.165, 1.54) is 18.1 Å². The maximum atomic E-state index is 5.73. The van der Waals surface area contributed by atoms with E-state index in [4.69, 9.17) is 5.73 Å². The van der Waals surface area contributed by atoms with Gasteiger partial charge in [-0.05, 0) is 18.3 Å². The van der Waals surface area contributed by atoms with Gasteiger partial charge in [-0.3, -0.25) is 4.40 Å². The van der Waals surface area contributed by atoms with Gasteiger partial charge >= 0.3 is 0 Å². The van der Waals surface area contributed by atoms with Gasteiger partial charge in [0, 0.05) is 18.0 Å². The summed E-state index contributed by atoms with van der Waals surface area (Å²) in [6, 6.07) is 0. The second kappa shape index (κ2) is 5.10. The molecule has 0 saturated carbocycles. The van der Waals surface area contributed by atoms with Crippen LogP contribution in [-0.2, 0) is 6.42 Å². The van der Waals surface area contributed by atoms with Crippen LogP contribution < -0.4 is 5.73 Å². The van der Waals surface area contributed by atoms with Crippen molar-refractivity contribution >= 4 is 39.2 Å². The maximum absolute atomic E-state index is 5.73. The Morgan fingerprint density at radius 2 is 2.24 bits per heavy atom. The second-order valence-electron chi connectivity index (χ2n) is 4.34. The summed E-state index contributed by atoms with van der Waals surface area (Å²) >= 11 is 3.12. The van der Waals surface area contributed by atoms with Crippen molar-refractivity contribution < 1.29 is 0 Å². The molecule has 0 amide bonds. The van der Waals surface area contributed by atoms with Crippen LogP contribution in [-0.4, -0.2) is 35.9 Å². The van der Waals surface area contributed by atoms with Crippen LogP contribution in [0.15, 0.2) is 34.3 Å². The molecule has 0 atom stereocenters. The van der Waals surface area contributed by atoms with E-state index in [2.05, 4.69) is 29.3 Å². The summed E-state index contributed by atoms with van der Waals surface area (Å²) in [5.74, 6) is 0. The molecule has 7 nitrogen and oxygen atoms in total. The van der Waals surface area contributed by atoms with E-state index in [1.54, 1.807) is 17.7 Å². The Balaban J connectivity index is 1.81. The Morgan fingerprint density at radius 3 is 3.14 bits per heavy atom. The predicted molar refractivity (Wildman–Crippen MR) is 81.6 cm³/mol. The number of hydrogen-bond acceptors (Lipinski definition) is 7. The van der Waals surface area contributed by atoms with Crippen molar-refractivity contribution in [2.45, 2.75) is 16.5 Å². The van der Waals surface area contributed by atoms with E-state index in [9.17, 15) is 0 Å². The summed E-state index contributed by atoms with van der Waals surface area (Å²) in [6.45, 7) is 0.584. The number of nitrogens with zero attached hydrogens (tertiary/aromatic N) is 5. The van der Waals surface area contributed by atoms with Crippen molar-refractivity contribution in [3.63, 3.8) is 0 Å². The van der Waals surface area contributed by atoms with Crippen molar-refractivity contribution in [1.82, 2.24) is 29.3 Å². The van der Waals surface area contributed by atoms with Gasteiger partial charge in [-0.1, -0.05) is 0 Å².